The van der Waals surface area contributed by atoms with Crippen molar-refractivity contribution in [1.82, 2.24) is 9.78 Å². The molecule has 2 atom stereocenters. The van der Waals surface area contributed by atoms with Gasteiger partial charge in [-0.3, -0.25) is 4.68 Å². The van der Waals surface area contributed by atoms with Gasteiger partial charge in [-0.1, -0.05) is 32.6 Å². The van der Waals surface area contributed by atoms with Crippen molar-refractivity contribution in [3.8, 4) is 0 Å². The van der Waals surface area contributed by atoms with Crippen molar-refractivity contribution in [2.45, 2.75) is 83.5 Å². The third-order valence-corrected chi connectivity index (χ3v) is 4.41. The Labute approximate surface area is 128 Å². The minimum absolute atomic E-state index is 0.0696. The van der Waals surface area contributed by atoms with Crippen LogP contribution in [0.1, 0.15) is 70.5 Å². The first-order valence-electron chi connectivity index (χ1n) is 8.58. The van der Waals surface area contributed by atoms with E-state index in [4.69, 9.17) is 4.74 Å². The molecule has 1 saturated carbocycles. The lowest BCUT2D eigenvalue weighted by Gasteiger charge is -2.23. The van der Waals surface area contributed by atoms with E-state index in [0.717, 1.165) is 18.5 Å². The Balaban J connectivity index is 1.91. The summed E-state index contributed by atoms with van der Waals surface area (Å²) in [5.41, 5.74) is 0.980. The van der Waals surface area contributed by atoms with E-state index in [-0.39, 0.29) is 6.10 Å². The maximum absolute atomic E-state index is 10.4. The molecule has 0 amide bonds. The highest BCUT2D eigenvalue weighted by Crippen LogP contribution is 2.27. The number of aliphatic hydroxyl groups is 1. The van der Waals surface area contributed by atoms with E-state index in [9.17, 15) is 5.11 Å². The highest BCUT2D eigenvalue weighted by atomic mass is 16.5. The summed E-state index contributed by atoms with van der Waals surface area (Å²) in [5.74, 6) is 0. The summed E-state index contributed by atoms with van der Waals surface area (Å²) in [7, 11) is 0. The first kappa shape index (κ1) is 16.5. The molecule has 1 N–H and O–H groups in total. The minimum Gasteiger partial charge on any atom is -0.390 e. The average Bonchev–Trinajstić information content (AvgIpc) is 2.96. The van der Waals surface area contributed by atoms with E-state index >= 15 is 0 Å². The molecular formula is C17H30N2O2. The third kappa shape index (κ3) is 4.82. The SMILES string of the molecule is CCCC(OCC)C(O)Cc1ccn(C2CCCCC2)n1. The van der Waals surface area contributed by atoms with Gasteiger partial charge in [-0.2, -0.15) is 5.10 Å². The molecule has 0 bridgehead atoms. The Bertz CT molecular complexity index is 393. The van der Waals surface area contributed by atoms with Gasteiger partial charge in [-0.25, -0.2) is 0 Å². The molecule has 1 aromatic rings. The standard InChI is InChI=1S/C17H30N2O2/c1-3-8-17(21-4-2)16(20)13-14-11-12-19(18-14)15-9-6-5-7-10-15/h11-12,15-17,20H,3-10,13H2,1-2H3. The molecular weight excluding hydrogens is 264 g/mol. The third-order valence-electron chi connectivity index (χ3n) is 4.41. The predicted molar refractivity (Wildman–Crippen MR) is 84.4 cm³/mol. The summed E-state index contributed by atoms with van der Waals surface area (Å²) in [6.45, 7) is 4.75. The molecule has 1 aliphatic carbocycles. The lowest BCUT2D eigenvalue weighted by Crippen LogP contribution is -2.31. The van der Waals surface area contributed by atoms with Crippen LogP contribution in [0.15, 0.2) is 12.3 Å². The molecule has 4 nitrogen and oxygen atoms in total. The quantitative estimate of drug-likeness (QED) is 0.798. The molecule has 0 spiro atoms. The molecule has 21 heavy (non-hydrogen) atoms. The maximum atomic E-state index is 10.4. The Kier molecular flexibility index (Phi) is 6.71. The molecule has 2 rings (SSSR count). The molecule has 0 aliphatic heterocycles. The number of hydrogen-bond acceptors (Lipinski definition) is 3. The van der Waals surface area contributed by atoms with Crippen LogP contribution in [0.5, 0.6) is 0 Å². The van der Waals surface area contributed by atoms with E-state index < -0.39 is 6.10 Å². The van der Waals surface area contributed by atoms with Crippen LogP contribution in [0.4, 0.5) is 0 Å². The highest BCUT2D eigenvalue weighted by molar-refractivity contribution is 5.02. The number of aromatic nitrogens is 2. The second-order valence-corrected chi connectivity index (χ2v) is 6.13. The summed E-state index contributed by atoms with van der Waals surface area (Å²) >= 11 is 0. The lowest BCUT2D eigenvalue weighted by atomic mass is 9.96. The molecule has 1 aromatic heterocycles. The molecule has 0 radical (unpaired) electrons. The Hall–Kier alpha value is -0.870. The zero-order valence-corrected chi connectivity index (χ0v) is 13.5. The Morgan fingerprint density at radius 3 is 2.76 bits per heavy atom. The molecule has 1 heterocycles. The fraction of sp³-hybridized carbons (Fsp3) is 0.824. The van der Waals surface area contributed by atoms with E-state index in [1.165, 1.54) is 32.1 Å². The van der Waals surface area contributed by atoms with Gasteiger partial charge in [0.2, 0.25) is 0 Å². The van der Waals surface area contributed by atoms with Gasteiger partial charge in [0.25, 0.3) is 0 Å². The van der Waals surface area contributed by atoms with Crippen LogP contribution in [-0.4, -0.2) is 33.7 Å². The summed E-state index contributed by atoms with van der Waals surface area (Å²) in [6.07, 6.45) is 10.5. The van der Waals surface area contributed by atoms with E-state index in [2.05, 4.69) is 22.9 Å². The zero-order valence-electron chi connectivity index (χ0n) is 13.5. The predicted octanol–water partition coefficient (Wildman–Crippen LogP) is 3.50. The van der Waals surface area contributed by atoms with Crippen LogP contribution < -0.4 is 0 Å². The van der Waals surface area contributed by atoms with Gasteiger partial charge in [-0.05, 0) is 32.3 Å². The summed E-state index contributed by atoms with van der Waals surface area (Å²) in [6, 6.07) is 2.61. The van der Waals surface area contributed by atoms with E-state index in [1.807, 2.05) is 13.0 Å². The number of nitrogens with zero attached hydrogens (tertiary/aromatic N) is 2. The molecule has 0 aromatic carbocycles. The van der Waals surface area contributed by atoms with Gasteiger partial charge in [-0.15, -0.1) is 0 Å². The van der Waals surface area contributed by atoms with Gasteiger partial charge >= 0.3 is 0 Å². The molecule has 4 heteroatoms. The monoisotopic (exact) mass is 294 g/mol. The number of aliphatic hydroxyl groups excluding tert-OH is 1. The van der Waals surface area contributed by atoms with E-state index in [0.29, 0.717) is 19.1 Å². The van der Waals surface area contributed by atoms with Crippen molar-refractivity contribution in [3.63, 3.8) is 0 Å². The van der Waals surface area contributed by atoms with Crippen LogP contribution in [0, 0.1) is 0 Å². The number of ether oxygens (including phenoxy) is 1. The number of hydrogen-bond donors (Lipinski definition) is 1. The van der Waals surface area contributed by atoms with Gasteiger partial charge in [0.1, 0.15) is 0 Å². The van der Waals surface area contributed by atoms with Crippen molar-refractivity contribution in [1.29, 1.82) is 0 Å². The average molecular weight is 294 g/mol. The summed E-state index contributed by atoms with van der Waals surface area (Å²) in [5, 5.41) is 15.0. The second-order valence-electron chi connectivity index (χ2n) is 6.13. The smallest absolute Gasteiger partial charge is 0.0857 e. The van der Waals surface area contributed by atoms with Crippen molar-refractivity contribution in [2.24, 2.45) is 0 Å². The highest BCUT2D eigenvalue weighted by Gasteiger charge is 2.21. The maximum Gasteiger partial charge on any atom is 0.0857 e. The van der Waals surface area contributed by atoms with Crippen LogP contribution in [-0.2, 0) is 11.2 Å². The van der Waals surface area contributed by atoms with Crippen LogP contribution >= 0.6 is 0 Å². The first-order chi connectivity index (χ1) is 10.2. The lowest BCUT2D eigenvalue weighted by molar-refractivity contribution is -0.0367. The largest absolute Gasteiger partial charge is 0.390 e. The van der Waals surface area contributed by atoms with Crippen molar-refractivity contribution >= 4 is 0 Å². The van der Waals surface area contributed by atoms with Crippen molar-refractivity contribution < 1.29 is 9.84 Å². The molecule has 1 aliphatic rings. The van der Waals surface area contributed by atoms with Gasteiger partial charge in [0.05, 0.1) is 23.9 Å². The van der Waals surface area contributed by atoms with Crippen LogP contribution in [0.3, 0.4) is 0 Å². The molecule has 120 valence electrons. The topological polar surface area (TPSA) is 47.3 Å². The normalized spacial score (nSPS) is 19.6. The number of rotatable bonds is 8. The summed E-state index contributed by atoms with van der Waals surface area (Å²) in [4.78, 5) is 0. The molecule has 1 fully saturated rings. The van der Waals surface area contributed by atoms with Gasteiger partial charge in [0.15, 0.2) is 0 Å². The first-order valence-corrected chi connectivity index (χ1v) is 8.58. The zero-order chi connectivity index (χ0) is 15.1. The minimum atomic E-state index is -0.459. The van der Waals surface area contributed by atoms with Gasteiger partial charge < -0.3 is 9.84 Å². The molecule has 2 unspecified atom stereocenters. The van der Waals surface area contributed by atoms with E-state index in [1.54, 1.807) is 0 Å². The van der Waals surface area contributed by atoms with Crippen molar-refractivity contribution in [2.75, 3.05) is 6.61 Å². The van der Waals surface area contributed by atoms with Gasteiger partial charge in [0, 0.05) is 19.2 Å². The molecule has 0 saturated heterocycles. The van der Waals surface area contributed by atoms with Crippen molar-refractivity contribution in [3.05, 3.63) is 18.0 Å². The fourth-order valence-electron chi connectivity index (χ4n) is 3.27. The summed E-state index contributed by atoms with van der Waals surface area (Å²) < 4.78 is 7.76. The Morgan fingerprint density at radius 1 is 1.33 bits per heavy atom. The van der Waals surface area contributed by atoms with Crippen LogP contribution in [0.25, 0.3) is 0 Å². The van der Waals surface area contributed by atoms with Crippen LogP contribution in [0.2, 0.25) is 0 Å². The Morgan fingerprint density at radius 2 is 2.10 bits per heavy atom. The fourth-order valence-corrected chi connectivity index (χ4v) is 3.27. The second kappa shape index (κ2) is 8.54.